The fourth-order valence-electron chi connectivity index (χ4n) is 2.78. The SMILES string of the molecule is CC(C)S(=O)(=O)N1CCN(Cc2ccc(/C=C/C(C)(C)C)cc2)CC1. The second-order valence-corrected chi connectivity index (χ2v) is 10.7. The smallest absolute Gasteiger partial charge is 0.216 e. The molecular formula is C20H32N2O2S. The minimum atomic E-state index is -3.12. The highest BCUT2D eigenvalue weighted by atomic mass is 32.2. The molecule has 25 heavy (non-hydrogen) atoms. The molecule has 4 nitrogen and oxygen atoms in total. The van der Waals surface area contributed by atoms with E-state index in [9.17, 15) is 8.42 Å². The molecule has 1 aliphatic heterocycles. The average molecular weight is 365 g/mol. The summed E-state index contributed by atoms with van der Waals surface area (Å²) in [4.78, 5) is 2.33. The van der Waals surface area contributed by atoms with Gasteiger partial charge < -0.3 is 0 Å². The summed E-state index contributed by atoms with van der Waals surface area (Å²) in [5.41, 5.74) is 2.67. The third-order valence-electron chi connectivity index (χ3n) is 4.45. The topological polar surface area (TPSA) is 40.6 Å². The molecular weight excluding hydrogens is 332 g/mol. The first-order valence-electron chi connectivity index (χ1n) is 9.07. The normalized spacial score (nSPS) is 18.3. The molecule has 1 aliphatic rings. The van der Waals surface area contributed by atoms with Crippen molar-refractivity contribution < 1.29 is 8.42 Å². The molecule has 0 amide bonds. The summed E-state index contributed by atoms with van der Waals surface area (Å²) in [6.07, 6.45) is 4.38. The quantitative estimate of drug-likeness (QED) is 0.801. The van der Waals surface area contributed by atoms with Crippen LogP contribution in [0.4, 0.5) is 0 Å². The minimum Gasteiger partial charge on any atom is -0.296 e. The predicted molar refractivity (Wildman–Crippen MR) is 106 cm³/mol. The number of rotatable bonds is 5. The number of nitrogens with zero attached hydrogens (tertiary/aromatic N) is 2. The lowest BCUT2D eigenvalue weighted by molar-refractivity contribution is 0.181. The first-order valence-corrected chi connectivity index (χ1v) is 10.6. The fraction of sp³-hybridized carbons (Fsp3) is 0.600. The minimum absolute atomic E-state index is 0.189. The van der Waals surface area contributed by atoms with E-state index in [1.807, 2.05) is 0 Å². The summed E-state index contributed by atoms with van der Waals surface area (Å²) in [5, 5.41) is -0.340. The first-order chi connectivity index (χ1) is 11.6. The third-order valence-corrected chi connectivity index (χ3v) is 6.72. The highest BCUT2D eigenvalue weighted by Crippen LogP contribution is 2.18. The lowest BCUT2D eigenvalue weighted by Gasteiger charge is -2.34. The van der Waals surface area contributed by atoms with E-state index >= 15 is 0 Å². The Morgan fingerprint density at radius 2 is 1.60 bits per heavy atom. The van der Waals surface area contributed by atoms with Gasteiger partial charge in [-0.15, -0.1) is 0 Å². The van der Waals surface area contributed by atoms with Gasteiger partial charge in [-0.05, 0) is 30.4 Å². The average Bonchev–Trinajstić information content (AvgIpc) is 2.54. The summed E-state index contributed by atoms with van der Waals surface area (Å²) in [6, 6.07) is 8.63. The van der Waals surface area contributed by atoms with Crippen LogP contribution in [0.5, 0.6) is 0 Å². The van der Waals surface area contributed by atoms with E-state index in [-0.39, 0.29) is 10.7 Å². The Balaban J connectivity index is 1.89. The molecule has 140 valence electrons. The van der Waals surface area contributed by atoms with Crippen LogP contribution in [-0.2, 0) is 16.6 Å². The molecule has 1 fully saturated rings. The van der Waals surface area contributed by atoms with Crippen LogP contribution in [0.25, 0.3) is 6.08 Å². The van der Waals surface area contributed by atoms with Crippen molar-refractivity contribution in [2.24, 2.45) is 5.41 Å². The Labute approximate surface area is 153 Å². The fourth-order valence-corrected chi connectivity index (χ4v) is 4.05. The van der Waals surface area contributed by atoms with E-state index in [1.165, 1.54) is 11.1 Å². The van der Waals surface area contributed by atoms with Crippen molar-refractivity contribution in [3.8, 4) is 0 Å². The van der Waals surface area contributed by atoms with Crippen LogP contribution in [0.1, 0.15) is 45.7 Å². The van der Waals surface area contributed by atoms with Crippen LogP contribution in [0.15, 0.2) is 30.3 Å². The lowest BCUT2D eigenvalue weighted by atomic mass is 9.95. The van der Waals surface area contributed by atoms with Crippen LogP contribution in [0.2, 0.25) is 0 Å². The maximum atomic E-state index is 12.2. The number of sulfonamides is 1. The van der Waals surface area contributed by atoms with Gasteiger partial charge in [0.15, 0.2) is 0 Å². The van der Waals surface area contributed by atoms with Gasteiger partial charge in [-0.2, -0.15) is 4.31 Å². The van der Waals surface area contributed by atoms with Crippen molar-refractivity contribution in [3.05, 3.63) is 41.5 Å². The van der Waals surface area contributed by atoms with Gasteiger partial charge in [0.2, 0.25) is 10.0 Å². The largest absolute Gasteiger partial charge is 0.296 e. The molecule has 0 radical (unpaired) electrons. The Bertz CT molecular complexity index is 677. The zero-order valence-electron chi connectivity index (χ0n) is 16.2. The van der Waals surface area contributed by atoms with Crippen molar-refractivity contribution >= 4 is 16.1 Å². The van der Waals surface area contributed by atoms with Gasteiger partial charge in [0.25, 0.3) is 0 Å². The molecule has 5 heteroatoms. The second-order valence-electron chi connectivity index (χ2n) is 8.21. The molecule has 0 aromatic heterocycles. The van der Waals surface area contributed by atoms with E-state index in [0.29, 0.717) is 13.1 Å². The molecule has 0 N–H and O–H groups in total. The summed E-state index contributed by atoms with van der Waals surface area (Å²) in [5.74, 6) is 0. The standard InChI is InChI=1S/C20H32N2O2S/c1-17(2)25(23,24)22-14-12-21(13-15-22)16-19-8-6-18(7-9-19)10-11-20(3,4)5/h6-11,17H,12-16H2,1-5H3/b11-10+. The van der Waals surface area contributed by atoms with Crippen molar-refractivity contribution in [1.29, 1.82) is 0 Å². The van der Waals surface area contributed by atoms with Gasteiger partial charge in [0.1, 0.15) is 0 Å². The highest BCUT2D eigenvalue weighted by molar-refractivity contribution is 7.89. The molecule has 0 saturated carbocycles. The lowest BCUT2D eigenvalue weighted by Crippen LogP contribution is -2.49. The molecule has 1 heterocycles. The molecule has 1 saturated heterocycles. The summed E-state index contributed by atoms with van der Waals surface area (Å²) in [7, 11) is -3.12. The number of hydrogen-bond acceptors (Lipinski definition) is 3. The predicted octanol–water partition coefficient (Wildman–Crippen LogP) is 3.60. The van der Waals surface area contributed by atoms with Crippen LogP contribution in [0.3, 0.4) is 0 Å². The van der Waals surface area contributed by atoms with E-state index in [0.717, 1.165) is 19.6 Å². The maximum absolute atomic E-state index is 12.2. The van der Waals surface area contributed by atoms with Crippen LogP contribution >= 0.6 is 0 Å². The van der Waals surface area contributed by atoms with Gasteiger partial charge in [-0.1, -0.05) is 57.2 Å². The number of allylic oxidation sites excluding steroid dienone is 1. The molecule has 2 rings (SSSR count). The molecule has 0 unspecified atom stereocenters. The molecule has 0 bridgehead atoms. The van der Waals surface area contributed by atoms with E-state index in [2.05, 4.69) is 62.1 Å². The summed E-state index contributed by atoms with van der Waals surface area (Å²) < 4.78 is 26.1. The van der Waals surface area contributed by atoms with Gasteiger partial charge in [0, 0.05) is 32.7 Å². The number of piperazine rings is 1. The number of hydrogen-bond donors (Lipinski definition) is 0. The zero-order chi connectivity index (χ0) is 18.7. The number of benzene rings is 1. The van der Waals surface area contributed by atoms with Crippen molar-refractivity contribution in [2.75, 3.05) is 26.2 Å². The monoisotopic (exact) mass is 364 g/mol. The Kier molecular flexibility index (Phi) is 6.46. The van der Waals surface area contributed by atoms with Gasteiger partial charge >= 0.3 is 0 Å². The Hall–Kier alpha value is -1.17. The summed E-state index contributed by atoms with van der Waals surface area (Å²) in [6.45, 7) is 13.7. The summed E-state index contributed by atoms with van der Waals surface area (Å²) >= 11 is 0. The molecule has 1 aromatic rings. The molecule has 0 spiro atoms. The van der Waals surface area contributed by atoms with Crippen LogP contribution in [-0.4, -0.2) is 49.1 Å². The van der Waals surface area contributed by atoms with Crippen LogP contribution in [0, 0.1) is 5.41 Å². The molecule has 0 aliphatic carbocycles. The Morgan fingerprint density at radius 3 is 2.08 bits per heavy atom. The van der Waals surface area contributed by atoms with E-state index < -0.39 is 10.0 Å². The zero-order valence-corrected chi connectivity index (χ0v) is 17.0. The molecule has 0 atom stereocenters. The third kappa shape index (κ3) is 5.94. The van der Waals surface area contributed by atoms with E-state index in [1.54, 1.807) is 18.2 Å². The second kappa shape index (κ2) is 8.02. The van der Waals surface area contributed by atoms with Crippen LogP contribution < -0.4 is 0 Å². The maximum Gasteiger partial charge on any atom is 0.216 e. The van der Waals surface area contributed by atoms with Gasteiger partial charge in [-0.25, -0.2) is 8.42 Å². The molecule has 1 aromatic carbocycles. The first kappa shape index (κ1) is 20.1. The van der Waals surface area contributed by atoms with Gasteiger partial charge in [-0.3, -0.25) is 4.90 Å². The van der Waals surface area contributed by atoms with Crippen molar-refractivity contribution in [1.82, 2.24) is 9.21 Å². The van der Waals surface area contributed by atoms with E-state index in [4.69, 9.17) is 0 Å². The van der Waals surface area contributed by atoms with Crippen molar-refractivity contribution in [2.45, 2.75) is 46.4 Å². The van der Waals surface area contributed by atoms with Crippen molar-refractivity contribution in [3.63, 3.8) is 0 Å². The van der Waals surface area contributed by atoms with Gasteiger partial charge in [0.05, 0.1) is 5.25 Å². The highest BCUT2D eigenvalue weighted by Gasteiger charge is 2.29. The Morgan fingerprint density at radius 1 is 1.04 bits per heavy atom.